The predicted octanol–water partition coefficient (Wildman–Crippen LogP) is 1.62. The molecular formula is C15H23NO3. The maximum atomic E-state index is 10.5. The van der Waals surface area contributed by atoms with Crippen molar-refractivity contribution in [3.63, 3.8) is 0 Å². The first-order chi connectivity index (χ1) is 8.83. The summed E-state index contributed by atoms with van der Waals surface area (Å²) in [4.78, 5) is 0. The van der Waals surface area contributed by atoms with E-state index in [1.54, 1.807) is 12.1 Å². The fourth-order valence-electron chi connectivity index (χ4n) is 2.83. The fraction of sp³-hybridized carbons (Fsp3) is 0.600. The monoisotopic (exact) mass is 265 g/mol. The van der Waals surface area contributed by atoms with Crippen LogP contribution in [0.15, 0.2) is 12.1 Å². The van der Waals surface area contributed by atoms with Gasteiger partial charge in [0.05, 0.1) is 12.7 Å². The average Bonchev–Trinajstić information content (AvgIpc) is 2.31. The number of aliphatic hydroxyl groups is 2. The first-order valence-electron chi connectivity index (χ1n) is 6.73. The minimum atomic E-state index is -0.603. The van der Waals surface area contributed by atoms with Gasteiger partial charge in [0.25, 0.3) is 0 Å². The molecule has 0 bridgehead atoms. The van der Waals surface area contributed by atoms with Gasteiger partial charge in [-0.2, -0.15) is 0 Å². The molecule has 0 amide bonds. The topological polar surface area (TPSA) is 72.7 Å². The number of aliphatic hydroxyl groups excluding tert-OH is 2. The highest BCUT2D eigenvalue weighted by Gasteiger charge is 2.32. The van der Waals surface area contributed by atoms with Crippen LogP contribution >= 0.6 is 0 Å². The molecule has 4 heteroatoms. The molecule has 0 spiro atoms. The Labute approximate surface area is 114 Å². The van der Waals surface area contributed by atoms with Crippen molar-refractivity contribution in [2.24, 2.45) is 0 Å². The van der Waals surface area contributed by atoms with Gasteiger partial charge in [0, 0.05) is 17.1 Å². The lowest BCUT2D eigenvalue weighted by Crippen LogP contribution is -2.48. The van der Waals surface area contributed by atoms with E-state index in [0.29, 0.717) is 5.56 Å². The standard InChI is InChI=1S/C15H23NO3/c1-15(2,3)16-12-6-4-9-10(14(12)19)5-7-13(18)11(9)8-17/h5,7,12,14,16-19H,4,6,8H2,1-3H3/t12-,14-/m1/s1. The molecule has 2 atom stereocenters. The second-order valence-corrected chi connectivity index (χ2v) is 6.27. The molecule has 106 valence electrons. The molecule has 4 N–H and O–H groups in total. The van der Waals surface area contributed by atoms with E-state index >= 15 is 0 Å². The Morgan fingerprint density at radius 2 is 2.00 bits per heavy atom. The highest BCUT2D eigenvalue weighted by molar-refractivity contribution is 5.46. The van der Waals surface area contributed by atoms with Gasteiger partial charge in [-0.15, -0.1) is 0 Å². The third-order valence-corrected chi connectivity index (χ3v) is 3.62. The maximum Gasteiger partial charge on any atom is 0.121 e. The Hall–Kier alpha value is -1.10. The molecule has 0 aliphatic heterocycles. The summed E-state index contributed by atoms with van der Waals surface area (Å²) in [6.45, 7) is 6.03. The summed E-state index contributed by atoms with van der Waals surface area (Å²) in [6.07, 6.45) is 0.945. The molecule has 2 rings (SSSR count). The van der Waals surface area contributed by atoms with Crippen molar-refractivity contribution < 1.29 is 15.3 Å². The first kappa shape index (κ1) is 14.3. The molecule has 0 fully saturated rings. The van der Waals surface area contributed by atoms with E-state index in [-0.39, 0.29) is 23.9 Å². The summed E-state index contributed by atoms with van der Waals surface area (Å²) in [5.74, 6) is 0.107. The second-order valence-electron chi connectivity index (χ2n) is 6.27. The fourth-order valence-corrected chi connectivity index (χ4v) is 2.83. The Morgan fingerprint density at radius 1 is 1.32 bits per heavy atom. The summed E-state index contributed by atoms with van der Waals surface area (Å²) in [5, 5.41) is 33.0. The zero-order chi connectivity index (χ0) is 14.2. The van der Waals surface area contributed by atoms with Crippen LogP contribution in [0, 0.1) is 0 Å². The van der Waals surface area contributed by atoms with Gasteiger partial charge in [-0.05, 0) is 50.8 Å². The number of aromatic hydroxyl groups is 1. The number of hydrogen-bond donors (Lipinski definition) is 4. The molecule has 1 aromatic carbocycles. The summed E-state index contributed by atoms with van der Waals surface area (Å²) in [7, 11) is 0. The zero-order valence-corrected chi connectivity index (χ0v) is 11.8. The lowest BCUT2D eigenvalue weighted by molar-refractivity contribution is 0.0993. The molecule has 0 aromatic heterocycles. The van der Waals surface area contributed by atoms with E-state index < -0.39 is 6.10 Å². The van der Waals surface area contributed by atoms with Crippen LogP contribution in [0.1, 0.15) is 50.0 Å². The lowest BCUT2D eigenvalue weighted by Gasteiger charge is -2.36. The van der Waals surface area contributed by atoms with Crippen molar-refractivity contribution in [1.82, 2.24) is 5.32 Å². The third-order valence-electron chi connectivity index (χ3n) is 3.62. The van der Waals surface area contributed by atoms with Crippen LogP contribution in [0.25, 0.3) is 0 Å². The van der Waals surface area contributed by atoms with Crippen LogP contribution in [0.3, 0.4) is 0 Å². The van der Waals surface area contributed by atoms with Crippen molar-refractivity contribution in [3.05, 3.63) is 28.8 Å². The SMILES string of the molecule is CC(C)(C)N[C@@H]1CCc2c(ccc(O)c2CO)[C@H]1O. The average molecular weight is 265 g/mol. The van der Waals surface area contributed by atoms with Gasteiger partial charge >= 0.3 is 0 Å². The first-order valence-corrected chi connectivity index (χ1v) is 6.73. The smallest absolute Gasteiger partial charge is 0.121 e. The number of rotatable bonds is 2. The maximum absolute atomic E-state index is 10.5. The van der Waals surface area contributed by atoms with E-state index in [1.807, 2.05) is 0 Å². The summed E-state index contributed by atoms with van der Waals surface area (Å²) in [6, 6.07) is 3.31. The van der Waals surface area contributed by atoms with Crippen LogP contribution in [0.4, 0.5) is 0 Å². The van der Waals surface area contributed by atoms with Gasteiger partial charge in [0.15, 0.2) is 0 Å². The molecule has 0 heterocycles. The molecule has 4 nitrogen and oxygen atoms in total. The van der Waals surface area contributed by atoms with Gasteiger partial charge in [0.1, 0.15) is 5.75 Å². The van der Waals surface area contributed by atoms with Crippen molar-refractivity contribution in [2.75, 3.05) is 0 Å². The van der Waals surface area contributed by atoms with E-state index in [0.717, 1.165) is 24.0 Å². The van der Waals surface area contributed by atoms with Gasteiger partial charge in [-0.25, -0.2) is 0 Å². The molecule has 0 saturated carbocycles. The normalized spacial score (nSPS) is 23.2. The molecule has 0 saturated heterocycles. The van der Waals surface area contributed by atoms with Crippen LogP contribution < -0.4 is 5.32 Å². The number of benzene rings is 1. The number of fused-ring (bicyclic) bond motifs is 1. The lowest BCUT2D eigenvalue weighted by atomic mass is 9.82. The zero-order valence-electron chi connectivity index (χ0n) is 11.8. The summed E-state index contributed by atoms with van der Waals surface area (Å²) in [5.41, 5.74) is 2.20. The quantitative estimate of drug-likeness (QED) is 0.656. The number of nitrogens with one attached hydrogen (secondary N) is 1. The highest BCUT2D eigenvalue weighted by Crippen LogP contribution is 2.36. The Bertz CT molecular complexity index is 465. The Kier molecular flexibility index (Phi) is 3.85. The predicted molar refractivity (Wildman–Crippen MR) is 74.0 cm³/mol. The van der Waals surface area contributed by atoms with Gasteiger partial charge < -0.3 is 20.6 Å². The number of hydrogen-bond acceptors (Lipinski definition) is 4. The van der Waals surface area contributed by atoms with Crippen molar-refractivity contribution in [1.29, 1.82) is 0 Å². The third kappa shape index (κ3) is 2.91. The van der Waals surface area contributed by atoms with E-state index in [1.165, 1.54) is 0 Å². The largest absolute Gasteiger partial charge is 0.508 e. The van der Waals surface area contributed by atoms with E-state index in [2.05, 4.69) is 26.1 Å². The minimum Gasteiger partial charge on any atom is -0.508 e. The van der Waals surface area contributed by atoms with Gasteiger partial charge in [0.2, 0.25) is 0 Å². The van der Waals surface area contributed by atoms with Crippen molar-refractivity contribution in [3.8, 4) is 5.75 Å². The minimum absolute atomic E-state index is 0.00332. The Balaban J connectivity index is 2.32. The van der Waals surface area contributed by atoms with Gasteiger partial charge in [-0.1, -0.05) is 6.07 Å². The van der Waals surface area contributed by atoms with Crippen LogP contribution in [0.5, 0.6) is 5.75 Å². The summed E-state index contributed by atoms with van der Waals surface area (Å²) < 4.78 is 0. The van der Waals surface area contributed by atoms with Crippen molar-refractivity contribution >= 4 is 0 Å². The Morgan fingerprint density at radius 3 is 2.58 bits per heavy atom. The molecular weight excluding hydrogens is 242 g/mol. The van der Waals surface area contributed by atoms with E-state index in [4.69, 9.17) is 0 Å². The molecule has 19 heavy (non-hydrogen) atoms. The van der Waals surface area contributed by atoms with Crippen LogP contribution in [-0.2, 0) is 13.0 Å². The summed E-state index contributed by atoms with van der Waals surface area (Å²) >= 11 is 0. The van der Waals surface area contributed by atoms with Gasteiger partial charge in [-0.3, -0.25) is 0 Å². The molecule has 1 aliphatic rings. The second kappa shape index (κ2) is 5.12. The molecule has 1 aliphatic carbocycles. The van der Waals surface area contributed by atoms with E-state index in [9.17, 15) is 15.3 Å². The number of phenols is 1. The molecule has 0 radical (unpaired) electrons. The molecule has 1 aromatic rings. The molecule has 0 unspecified atom stereocenters. The highest BCUT2D eigenvalue weighted by atomic mass is 16.3. The van der Waals surface area contributed by atoms with Crippen molar-refractivity contribution in [2.45, 2.75) is 57.9 Å². The van der Waals surface area contributed by atoms with Crippen LogP contribution in [-0.4, -0.2) is 26.9 Å². The van der Waals surface area contributed by atoms with Crippen LogP contribution in [0.2, 0.25) is 0 Å².